The van der Waals surface area contributed by atoms with E-state index in [0.717, 1.165) is 29.5 Å². The molecule has 0 aliphatic rings. The van der Waals surface area contributed by atoms with Gasteiger partial charge in [0, 0.05) is 17.2 Å². The number of nitrogens with zero attached hydrogens (tertiary/aromatic N) is 3. The largest absolute Gasteiger partial charge is 0.443 e. The van der Waals surface area contributed by atoms with Crippen molar-refractivity contribution in [3.63, 3.8) is 0 Å². The number of oxazole rings is 1. The van der Waals surface area contributed by atoms with E-state index in [0.29, 0.717) is 12.4 Å². The molecule has 0 spiro atoms. The Bertz CT molecular complexity index is 584. The molecule has 0 saturated carbocycles. The van der Waals surface area contributed by atoms with Crippen molar-refractivity contribution in [2.75, 3.05) is 5.32 Å². The van der Waals surface area contributed by atoms with E-state index in [1.54, 1.807) is 6.20 Å². The Kier molecular flexibility index (Phi) is 4.06. The SMILES string of the molecule is CCc1cc(NCc2ncc(C(C)(C)C)o2)nc(C)n1. The zero-order valence-corrected chi connectivity index (χ0v) is 12.8. The zero-order chi connectivity index (χ0) is 14.8. The van der Waals surface area contributed by atoms with Gasteiger partial charge in [-0.25, -0.2) is 15.0 Å². The van der Waals surface area contributed by atoms with E-state index < -0.39 is 0 Å². The first-order valence-electron chi connectivity index (χ1n) is 6.92. The van der Waals surface area contributed by atoms with Crippen LogP contribution in [0.3, 0.4) is 0 Å². The van der Waals surface area contributed by atoms with E-state index in [9.17, 15) is 0 Å². The van der Waals surface area contributed by atoms with Gasteiger partial charge in [-0.2, -0.15) is 0 Å². The van der Waals surface area contributed by atoms with E-state index >= 15 is 0 Å². The van der Waals surface area contributed by atoms with Crippen molar-refractivity contribution in [2.45, 2.75) is 53.0 Å². The molecule has 2 aromatic heterocycles. The molecular formula is C15H22N4O. The first kappa shape index (κ1) is 14.5. The monoisotopic (exact) mass is 274 g/mol. The predicted octanol–water partition coefficient (Wildman–Crippen LogP) is 3.25. The number of aryl methyl sites for hydroxylation is 2. The molecule has 108 valence electrons. The minimum atomic E-state index is -0.0217. The highest BCUT2D eigenvalue weighted by Gasteiger charge is 2.19. The van der Waals surface area contributed by atoms with Crippen LogP contribution in [-0.4, -0.2) is 15.0 Å². The van der Waals surface area contributed by atoms with Crippen LogP contribution in [-0.2, 0) is 18.4 Å². The summed E-state index contributed by atoms with van der Waals surface area (Å²) in [4.78, 5) is 13.0. The number of rotatable bonds is 4. The average molecular weight is 274 g/mol. The van der Waals surface area contributed by atoms with Crippen molar-refractivity contribution < 1.29 is 4.42 Å². The summed E-state index contributed by atoms with van der Waals surface area (Å²) in [6.07, 6.45) is 2.69. The Morgan fingerprint density at radius 3 is 2.60 bits per heavy atom. The lowest BCUT2D eigenvalue weighted by atomic mass is 9.94. The summed E-state index contributed by atoms with van der Waals surface area (Å²) in [5.41, 5.74) is 1.01. The Balaban J connectivity index is 2.05. The minimum Gasteiger partial charge on any atom is -0.443 e. The lowest BCUT2D eigenvalue weighted by Crippen LogP contribution is -2.09. The van der Waals surface area contributed by atoms with Crippen LogP contribution >= 0.6 is 0 Å². The van der Waals surface area contributed by atoms with Gasteiger partial charge in [-0.15, -0.1) is 0 Å². The highest BCUT2D eigenvalue weighted by molar-refractivity contribution is 5.36. The predicted molar refractivity (Wildman–Crippen MR) is 78.7 cm³/mol. The summed E-state index contributed by atoms with van der Waals surface area (Å²) < 4.78 is 5.74. The molecule has 0 unspecified atom stereocenters. The van der Waals surface area contributed by atoms with E-state index in [1.807, 2.05) is 13.0 Å². The molecule has 0 saturated heterocycles. The van der Waals surface area contributed by atoms with Gasteiger partial charge < -0.3 is 9.73 Å². The van der Waals surface area contributed by atoms with Gasteiger partial charge in [0.15, 0.2) is 0 Å². The van der Waals surface area contributed by atoms with E-state index in [2.05, 4.69) is 48.0 Å². The Hall–Kier alpha value is -1.91. The van der Waals surface area contributed by atoms with Crippen molar-refractivity contribution >= 4 is 5.82 Å². The molecule has 0 bridgehead atoms. The number of anilines is 1. The molecule has 1 N–H and O–H groups in total. The van der Waals surface area contributed by atoms with Crippen LogP contribution < -0.4 is 5.32 Å². The van der Waals surface area contributed by atoms with Gasteiger partial charge >= 0.3 is 0 Å². The van der Waals surface area contributed by atoms with Gasteiger partial charge in [0.1, 0.15) is 17.4 Å². The molecule has 5 heteroatoms. The standard InChI is InChI=1S/C15H22N4O/c1-6-11-7-13(19-10(2)18-11)16-9-14-17-8-12(20-14)15(3,4)5/h7-8H,6,9H2,1-5H3,(H,16,18,19). The summed E-state index contributed by atoms with van der Waals surface area (Å²) in [6, 6.07) is 1.96. The first-order chi connectivity index (χ1) is 9.38. The van der Waals surface area contributed by atoms with Crippen LogP contribution in [0.5, 0.6) is 0 Å². The molecule has 20 heavy (non-hydrogen) atoms. The second-order valence-electron chi connectivity index (χ2n) is 5.87. The van der Waals surface area contributed by atoms with Crippen molar-refractivity contribution in [2.24, 2.45) is 0 Å². The summed E-state index contributed by atoms with van der Waals surface area (Å²) in [7, 11) is 0. The van der Waals surface area contributed by atoms with Gasteiger partial charge in [-0.3, -0.25) is 0 Å². The van der Waals surface area contributed by atoms with Crippen LogP contribution in [0.2, 0.25) is 0 Å². The second-order valence-corrected chi connectivity index (χ2v) is 5.87. The molecular weight excluding hydrogens is 252 g/mol. The Morgan fingerprint density at radius 2 is 2.00 bits per heavy atom. The smallest absolute Gasteiger partial charge is 0.213 e. The molecule has 0 atom stereocenters. The van der Waals surface area contributed by atoms with E-state index in [4.69, 9.17) is 4.42 Å². The van der Waals surface area contributed by atoms with Gasteiger partial charge in [-0.1, -0.05) is 27.7 Å². The lowest BCUT2D eigenvalue weighted by Gasteiger charge is -2.13. The Labute approximate surface area is 119 Å². The summed E-state index contributed by atoms with van der Waals surface area (Å²) >= 11 is 0. The number of hydrogen-bond donors (Lipinski definition) is 1. The molecule has 0 radical (unpaired) electrons. The molecule has 0 fully saturated rings. The summed E-state index contributed by atoms with van der Waals surface area (Å²) in [5, 5.41) is 3.23. The van der Waals surface area contributed by atoms with Gasteiger partial charge in [-0.05, 0) is 13.3 Å². The highest BCUT2D eigenvalue weighted by Crippen LogP contribution is 2.22. The van der Waals surface area contributed by atoms with Crippen LogP contribution in [0.25, 0.3) is 0 Å². The van der Waals surface area contributed by atoms with E-state index in [1.165, 1.54) is 0 Å². The first-order valence-corrected chi connectivity index (χ1v) is 6.92. The third-order valence-electron chi connectivity index (χ3n) is 2.97. The molecule has 2 heterocycles. The third kappa shape index (κ3) is 3.56. The molecule has 2 aromatic rings. The molecule has 2 rings (SSSR count). The van der Waals surface area contributed by atoms with Gasteiger partial charge in [0.2, 0.25) is 5.89 Å². The van der Waals surface area contributed by atoms with Crippen LogP contribution in [0.15, 0.2) is 16.7 Å². The number of nitrogens with one attached hydrogen (secondary N) is 1. The fraction of sp³-hybridized carbons (Fsp3) is 0.533. The molecule has 0 aliphatic heterocycles. The molecule has 0 aliphatic carbocycles. The normalized spacial score (nSPS) is 11.7. The Morgan fingerprint density at radius 1 is 1.25 bits per heavy atom. The average Bonchev–Trinajstić information content (AvgIpc) is 2.84. The van der Waals surface area contributed by atoms with Crippen molar-refractivity contribution in [3.05, 3.63) is 35.4 Å². The van der Waals surface area contributed by atoms with E-state index in [-0.39, 0.29) is 5.41 Å². The maximum absolute atomic E-state index is 5.74. The van der Waals surface area contributed by atoms with Gasteiger partial charge in [0.25, 0.3) is 0 Å². The fourth-order valence-electron chi connectivity index (χ4n) is 1.81. The fourth-order valence-corrected chi connectivity index (χ4v) is 1.81. The maximum atomic E-state index is 5.74. The second kappa shape index (κ2) is 5.61. The zero-order valence-electron chi connectivity index (χ0n) is 12.8. The quantitative estimate of drug-likeness (QED) is 0.927. The van der Waals surface area contributed by atoms with Crippen LogP contribution in [0.4, 0.5) is 5.82 Å². The molecule has 0 aromatic carbocycles. The maximum Gasteiger partial charge on any atom is 0.213 e. The van der Waals surface area contributed by atoms with Crippen molar-refractivity contribution in [1.82, 2.24) is 15.0 Å². The van der Waals surface area contributed by atoms with Crippen molar-refractivity contribution in [1.29, 1.82) is 0 Å². The third-order valence-corrected chi connectivity index (χ3v) is 2.97. The highest BCUT2D eigenvalue weighted by atomic mass is 16.4. The summed E-state index contributed by atoms with van der Waals surface area (Å²) in [6.45, 7) is 10.8. The van der Waals surface area contributed by atoms with Crippen LogP contribution in [0.1, 0.15) is 50.9 Å². The number of hydrogen-bond acceptors (Lipinski definition) is 5. The molecule has 0 amide bonds. The van der Waals surface area contributed by atoms with Gasteiger partial charge in [0.05, 0.1) is 12.7 Å². The summed E-state index contributed by atoms with van der Waals surface area (Å²) in [5.74, 6) is 3.14. The lowest BCUT2D eigenvalue weighted by molar-refractivity contribution is 0.385. The number of aromatic nitrogens is 3. The molecule has 5 nitrogen and oxygen atoms in total. The van der Waals surface area contributed by atoms with Crippen molar-refractivity contribution in [3.8, 4) is 0 Å². The van der Waals surface area contributed by atoms with Crippen LogP contribution in [0, 0.1) is 6.92 Å². The minimum absolute atomic E-state index is 0.0217. The topological polar surface area (TPSA) is 63.8 Å².